The Kier molecular flexibility index (Phi) is 5.02. The predicted octanol–water partition coefficient (Wildman–Crippen LogP) is 3.10. The van der Waals surface area contributed by atoms with Crippen LogP contribution in [0.15, 0.2) is 18.2 Å². The Morgan fingerprint density at radius 2 is 2.00 bits per heavy atom. The van der Waals surface area contributed by atoms with Crippen LogP contribution in [0.25, 0.3) is 0 Å². The molecule has 18 heavy (non-hydrogen) atoms. The predicted molar refractivity (Wildman–Crippen MR) is 76.2 cm³/mol. The fourth-order valence-corrected chi connectivity index (χ4v) is 1.93. The second-order valence-corrected chi connectivity index (χ2v) is 6.01. The van der Waals surface area contributed by atoms with E-state index in [1.165, 1.54) is 0 Å². The fourth-order valence-electron chi connectivity index (χ4n) is 1.54. The topological polar surface area (TPSA) is 55.1 Å². The van der Waals surface area contributed by atoms with E-state index in [0.29, 0.717) is 17.1 Å². The Balaban J connectivity index is 2.92. The molecule has 0 aliphatic carbocycles. The molecule has 1 rings (SSSR count). The van der Waals surface area contributed by atoms with Crippen LogP contribution in [0.3, 0.4) is 0 Å². The number of benzene rings is 1. The lowest BCUT2D eigenvalue weighted by atomic mass is 9.86. The van der Waals surface area contributed by atoms with Gasteiger partial charge in [-0.25, -0.2) is 0 Å². The van der Waals surface area contributed by atoms with Crippen molar-refractivity contribution < 1.29 is 4.79 Å². The van der Waals surface area contributed by atoms with Crippen molar-refractivity contribution in [2.24, 2.45) is 11.1 Å². The summed E-state index contributed by atoms with van der Waals surface area (Å²) in [7, 11) is 0. The zero-order valence-electron chi connectivity index (χ0n) is 10.8. The van der Waals surface area contributed by atoms with Gasteiger partial charge in [-0.05, 0) is 17.5 Å². The van der Waals surface area contributed by atoms with Crippen molar-refractivity contribution in [2.75, 3.05) is 6.54 Å². The minimum Gasteiger partial charge on any atom is -0.347 e. The lowest BCUT2D eigenvalue weighted by Crippen LogP contribution is -2.48. The zero-order chi connectivity index (χ0) is 13.9. The Labute approximate surface area is 118 Å². The maximum atomic E-state index is 12.1. The summed E-state index contributed by atoms with van der Waals surface area (Å²) >= 11 is 11.9. The smallest absolute Gasteiger partial charge is 0.253 e. The van der Waals surface area contributed by atoms with Gasteiger partial charge in [0.15, 0.2) is 0 Å². The Morgan fingerprint density at radius 3 is 2.50 bits per heavy atom. The van der Waals surface area contributed by atoms with Gasteiger partial charge < -0.3 is 11.1 Å². The number of nitrogens with two attached hydrogens (primary N) is 1. The number of carbonyl (C=O) groups excluding carboxylic acids is 1. The third-order valence-electron chi connectivity index (χ3n) is 2.78. The fraction of sp³-hybridized carbons (Fsp3) is 0.462. The van der Waals surface area contributed by atoms with Crippen LogP contribution in [0.1, 0.15) is 31.1 Å². The number of hydrogen-bond donors (Lipinski definition) is 2. The molecule has 0 radical (unpaired) electrons. The molecule has 0 heterocycles. The summed E-state index contributed by atoms with van der Waals surface area (Å²) < 4.78 is 0. The number of amides is 1. The van der Waals surface area contributed by atoms with E-state index >= 15 is 0 Å². The second kappa shape index (κ2) is 5.91. The van der Waals surface area contributed by atoms with E-state index in [-0.39, 0.29) is 22.4 Å². The maximum Gasteiger partial charge on any atom is 0.253 e. The monoisotopic (exact) mass is 288 g/mol. The standard InChI is InChI=1S/C13H18Cl2N2O/c1-13(2,3)10(7-16)17-12(18)8-5-4-6-9(14)11(8)15/h4-6,10H,7,16H2,1-3H3,(H,17,18). The molecule has 0 aliphatic rings. The molecule has 1 aromatic rings. The van der Waals surface area contributed by atoms with E-state index in [9.17, 15) is 4.79 Å². The van der Waals surface area contributed by atoms with Crippen molar-refractivity contribution in [3.05, 3.63) is 33.8 Å². The molecule has 0 bridgehead atoms. The minimum absolute atomic E-state index is 0.116. The molecule has 1 atom stereocenters. The van der Waals surface area contributed by atoms with E-state index in [1.807, 2.05) is 20.8 Å². The number of hydrogen-bond acceptors (Lipinski definition) is 2. The zero-order valence-corrected chi connectivity index (χ0v) is 12.3. The normalized spacial score (nSPS) is 13.2. The summed E-state index contributed by atoms with van der Waals surface area (Å²) in [5.41, 5.74) is 5.93. The Morgan fingerprint density at radius 1 is 1.39 bits per heavy atom. The van der Waals surface area contributed by atoms with Crippen molar-refractivity contribution in [1.29, 1.82) is 0 Å². The highest BCUT2D eigenvalue weighted by Crippen LogP contribution is 2.26. The molecule has 0 saturated heterocycles. The number of rotatable bonds is 3. The molecule has 1 amide bonds. The van der Waals surface area contributed by atoms with Crippen LogP contribution in [0.4, 0.5) is 0 Å². The molecule has 5 heteroatoms. The van der Waals surface area contributed by atoms with Gasteiger partial charge >= 0.3 is 0 Å². The highest BCUT2D eigenvalue weighted by atomic mass is 35.5. The SMILES string of the molecule is CC(C)(C)C(CN)NC(=O)c1cccc(Cl)c1Cl. The van der Waals surface area contributed by atoms with Gasteiger partial charge in [-0.15, -0.1) is 0 Å². The molecule has 1 aromatic carbocycles. The summed E-state index contributed by atoms with van der Waals surface area (Å²) in [4.78, 5) is 12.1. The van der Waals surface area contributed by atoms with Gasteiger partial charge in [0.2, 0.25) is 0 Å². The minimum atomic E-state index is -0.257. The third kappa shape index (κ3) is 3.61. The molecular formula is C13H18Cl2N2O. The number of halogens is 2. The summed E-state index contributed by atoms with van der Waals surface area (Å²) in [6, 6.07) is 4.85. The quantitative estimate of drug-likeness (QED) is 0.898. The van der Waals surface area contributed by atoms with Crippen LogP contribution in [0.5, 0.6) is 0 Å². The van der Waals surface area contributed by atoms with E-state index in [4.69, 9.17) is 28.9 Å². The van der Waals surface area contributed by atoms with Gasteiger partial charge in [-0.1, -0.05) is 50.0 Å². The molecule has 0 saturated carbocycles. The first-order valence-electron chi connectivity index (χ1n) is 5.72. The largest absolute Gasteiger partial charge is 0.347 e. The maximum absolute atomic E-state index is 12.1. The van der Waals surface area contributed by atoms with Crippen molar-refractivity contribution in [3.8, 4) is 0 Å². The molecule has 100 valence electrons. The van der Waals surface area contributed by atoms with Crippen LogP contribution in [0, 0.1) is 5.41 Å². The van der Waals surface area contributed by atoms with E-state index < -0.39 is 0 Å². The first kappa shape index (κ1) is 15.3. The molecule has 0 aromatic heterocycles. The average Bonchev–Trinajstić information content (AvgIpc) is 2.27. The molecule has 0 fully saturated rings. The first-order valence-corrected chi connectivity index (χ1v) is 6.48. The summed E-state index contributed by atoms with van der Waals surface area (Å²) in [6.45, 7) is 6.42. The lowest BCUT2D eigenvalue weighted by Gasteiger charge is -2.30. The highest BCUT2D eigenvalue weighted by molar-refractivity contribution is 6.43. The van der Waals surface area contributed by atoms with Crippen molar-refractivity contribution in [2.45, 2.75) is 26.8 Å². The van der Waals surface area contributed by atoms with Crippen molar-refractivity contribution >= 4 is 29.1 Å². The van der Waals surface area contributed by atoms with Gasteiger partial charge in [0.1, 0.15) is 0 Å². The first-order chi connectivity index (χ1) is 8.27. The van der Waals surface area contributed by atoms with Gasteiger partial charge in [0, 0.05) is 12.6 Å². The van der Waals surface area contributed by atoms with E-state index in [0.717, 1.165) is 0 Å². The van der Waals surface area contributed by atoms with Crippen molar-refractivity contribution in [3.63, 3.8) is 0 Å². The van der Waals surface area contributed by atoms with Gasteiger partial charge in [0.25, 0.3) is 5.91 Å². The molecular weight excluding hydrogens is 271 g/mol. The number of carbonyl (C=O) groups is 1. The molecule has 0 aliphatic heterocycles. The van der Waals surface area contributed by atoms with E-state index in [2.05, 4.69) is 5.32 Å². The van der Waals surface area contributed by atoms with E-state index in [1.54, 1.807) is 18.2 Å². The van der Waals surface area contributed by atoms with Crippen molar-refractivity contribution in [1.82, 2.24) is 5.32 Å². The van der Waals surface area contributed by atoms with Gasteiger partial charge in [-0.3, -0.25) is 4.79 Å². The number of nitrogens with one attached hydrogen (secondary N) is 1. The summed E-state index contributed by atoms with van der Waals surface area (Å²) in [6.07, 6.45) is 0. The van der Waals surface area contributed by atoms with Crippen LogP contribution in [-0.2, 0) is 0 Å². The highest BCUT2D eigenvalue weighted by Gasteiger charge is 2.26. The van der Waals surface area contributed by atoms with Gasteiger partial charge in [-0.2, -0.15) is 0 Å². The Bertz CT molecular complexity index is 441. The van der Waals surface area contributed by atoms with Crippen LogP contribution < -0.4 is 11.1 Å². The van der Waals surface area contributed by atoms with Crippen LogP contribution in [-0.4, -0.2) is 18.5 Å². The third-order valence-corrected chi connectivity index (χ3v) is 3.60. The molecule has 0 spiro atoms. The lowest BCUT2D eigenvalue weighted by molar-refractivity contribution is 0.0905. The summed E-state index contributed by atoms with van der Waals surface area (Å²) in [5, 5.41) is 3.51. The second-order valence-electron chi connectivity index (χ2n) is 5.23. The van der Waals surface area contributed by atoms with Crippen LogP contribution in [0.2, 0.25) is 10.0 Å². The molecule has 3 N–H and O–H groups in total. The average molecular weight is 289 g/mol. The Hall–Kier alpha value is -0.770. The van der Waals surface area contributed by atoms with Gasteiger partial charge in [0.05, 0.1) is 15.6 Å². The molecule has 3 nitrogen and oxygen atoms in total. The van der Waals surface area contributed by atoms with Crippen LogP contribution >= 0.6 is 23.2 Å². The summed E-state index contributed by atoms with van der Waals surface area (Å²) in [5.74, 6) is -0.257. The molecule has 1 unspecified atom stereocenters.